The average Bonchev–Trinajstić information content (AvgIpc) is 2.71. The van der Waals surface area contributed by atoms with Crippen LogP contribution in [0.15, 0.2) is 24.3 Å². The highest BCUT2D eigenvalue weighted by molar-refractivity contribution is 5.28. The monoisotopic (exact) mass is 272 g/mol. The van der Waals surface area contributed by atoms with Crippen molar-refractivity contribution in [3.63, 3.8) is 0 Å². The minimum Gasteiger partial charge on any atom is -0.317 e. The third-order valence-electron chi connectivity index (χ3n) is 5.49. The Morgan fingerprint density at radius 1 is 1.05 bits per heavy atom. The maximum Gasteiger partial charge on any atom is 0.00391 e. The van der Waals surface area contributed by atoms with Gasteiger partial charge in [0.05, 0.1) is 0 Å². The number of nitrogens with one attached hydrogen (secondary N) is 1. The largest absolute Gasteiger partial charge is 0.317 e. The number of nitrogens with zero attached hydrogens (tertiary/aromatic N) is 1. The number of hydrogen-bond donors (Lipinski definition) is 1. The van der Waals surface area contributed by atoms with E-state index in [1.165, 1.54) is 64.8 Å². The van der Waals surface area contributed by atoms with Crippen LogP contribution in [0.2, 0.25) is 0 Å². The molecule has 2 heteroatoms. The second-order valence-corrected chi connectivity index (χ2v) is 6.65. The lowest BCUT2D eigenvalue weighted by Gasteiger charge is -2.40. The summed E-state index contributed by atoms with van der Waals surface area (Å²) in [5, 5.41) is 3.52. The summed E-state index contributed by atoms with van der Waals surface area (Å²) in [6.07, 6.45) is 6.50. The molecule has 0 saturated carbocycles. The standard InChI is InChI=1S/C18H28N2/c1-2-18(9-11-19-12-10-18)15-20-13-7-16-5-3-4-6-17(16)8-14-20/h3-6,19H,2,7-15H2,1H3. The number of rotatable bonds is 3. The van der Waals surface area contributed by atoms with E-state index in [0.29, 0.717) is 5.41 Å². The topological polar surface area (TPSA) is 15.3 Å². The van der Waals surface area contributed by atoms with E-state index in [9.17, 15) is 0 Å². The van der Waals surface area contributed by atoms with Crippen molar-refractivity contribution < 1.29 is 0 Å². The zero-order chi connectivity index (χ0) is 13.8. The third-order valence-corrected chi connectivity index (χ3v) is 5.49. The molecule has 0 atom stereocenters. The van der Waals surface area contributed by atoms with E-state index in [1.807, 2.05) is 0 Å². The first-order valence-electron chi connectivity index (χ1n) is 8.31. The van der Waals surface area contributed by atoms with Crippen LogP contribution < -0.4 is 5.32 Å². The molecule has 0 bridgehead atoms. The molecule has 2 aliphatic heterocycles. The van der Waals surface area contributed by atoms with Gasteiger partial charge in [-0.1, -0.05) is 31.2 Å². The normalized spacial score (nSPS) is 23.1. The molecule has 2 nitrogen and oxygen atoms in total. The van der Waals surface area contributed by atoms with Gasteiger partial charge in [-0.3, -0.25) is 0 Å². The minimum absolute atomic E-state index is 0.571. The van der Waals surface area contributed by atoms with Crippen molar-refractivity contribution in [2.24, 2.45) is 5.41 Å². The highest BCUT2D eigenvalue weighted by atomic mass is 15.1. The first kappa shape index (κ1) is 14.1. The Morgan fingerprint density at radius 2 is 1.65 bits per heavy atom. The van der Waals surface area contributed by atoms with Gasteiger partial charge in [-0.25, -0.2) is 0 Å². The fourth-order valence-corrected chi connectivity index (χ4v) is 3.93. The van der Waals surface area contributed by atoms with Gasteiger partial charge in [-0.05, 0) is 61.7 Å². The molecule has 0 aromatic heterocycles. The average molecular weight is 272 g/mol. The zero-order valence-electron chi connectivity index (χ0n) is 12.8. The van der Waals surface area contributed by atoms with Crippen molar-refractivity contribution in [2.75, 3.05) is 32.7 Å². The van der Waals surface area contributed by atoms with Gasteiger partial charge in [-0.2, -0.15) is 0 Å². The summed E-state index contributed by atoms with van der Waals surface area (Å²) in [6.45, 7) is 8.60. The summed E-state index contributed by atoms with van der Waals surface area (Å²) in [5.74, 6) is 0. The molecule has 110 valence electrons. The Labute approximate surface area is 123 Å². The van der Waals surface area contributed by atoms with E-state index >= 15 is 0 Å². The summed E-state index contributed by atoms with van der Waals surface area (Å²) in [4.78, 5) is 2.73. The fraction of sp³-hybridized carbons (Fsp3) is 0.667. The summed E-state index contributed by atoms with van der Waals surface area (Å²) < 4.78 is 0. The summed E-state index contributed by atoms with van der Waals surface area (Å²) in [6, 6.07) is 9.02. The second-order valence-electron chi connectivity index (χ2n) is 6.65. The maximum atomic E-state index is 3.52. The highest BCUT2D eigenvalue weighted by Crippen LogP contribution is 2.34. The Balaban J connectivity index is 1.64. The lowest BCUT2D eigenvalue weighted by Crippen LogP contribution is -2.45. The van der Waals surface area contributed by atoms with Crippen molar-refractivity contribution in [3.05, 3.63) is 35.4 Å². The Kier molecular flexibility index (Phi) is 4.42. The molecule has 2 aliphatic rings. The van der Waals surface area contributed by atoms with Gasteiger partial charge in [0.15, 0.2) is 0 Å². The molecule has 20 heavy (non-hydrogen) atoms. The molecule has 1 aromatic carbocycles. The molecule has 0 amide bonds. The van der Waals surface area contributed by atoms with Gasteiger partial charge in [0.1, 0.15) is 0 Å². The second kappa shape index (κ2) is 6.28. The van der Waals surface area contributed by atoms with Crippen LogP contribution in [0.4, 0.5) is 0 Å². The van der Waals surface area contributed by atoms with Crippen LogP contribution in [-0.4, -0.2) is 37.6 Å². The van der Waals surface area contributed by atoms with Crippen LogP contribution in [-0.2, 0) is 12.8 Å². The van der Waals surface area contributed by atoms with Crippen LogP contribution in [0.1, 0.15) is 37.3 Å². The molecule has 0 radical (unpaired) electrons. The van der Waals surface area contributed by atoms with Crippen LogP contribution >= 0.6 is 0 Å². The third kappa shape index (κ3) is 3.07. The lowest BCUT2D eigenvalue weighted by molar-refractivity contribution is 0.109. The molecule has 2 heterocycles. The van der Waals surface area contributed by atoms with Gasteiger partial charge in [-0.15, -0.1) is 0 Å². The van der Waals surface area contributed by atoms with E-state index in [1.54, 1.807) is 11.1 Å². The van der Waals surface area contributed by atoms with Gasteiger partial charge in [0, 0.05) is 19.6 Å². The Hall–Kier alpha value is -0.860. The maximum absolute atomic E-state index is 3.52. The quantitative estimate of drug-likeness (QED) is 0.910. The number of piperidine rings is 1. The van der Waals surface area contributed by atoms with Gasteiger partial charge in [0.2, 0.25) is 0 Å². The van der Waals surface area contributed by atoms with Crippen LogP contribution in [0, 0.1) is 5.41 Å². The molecular formula is C18H28N2. The highest BCUT2D eigenvalue weighted by Gasteiger charge is 2.32. The van der Waals surface area contributed by atoms with Crippen molar-refractivity contribution in [3.8, 4) is 0 Å². The van der Waals surface area contributed by atoms with Gasteiger partial charge >= 0.3 is 0 Å². The molecule has 0 spiro atoms. The van der Waals surface area contributed by atoms with Crippen molar-refractivity contribution in [2.45, 2.75) is 39.0 Å². The fourth-order valence-electron chi connectivity index (χ4n) is 3.93. The molecule has 3 rings (SSSR count). The van der Waals surface area contributed by atoms with Gasteiger partial charge < -0.3 is 10.2 Å². The molecule has 1 N–H and O–H groups in total. The van der Waals surface area contributed by atoms with E-state index in [-0.39, 0.29) is 0 Å². The SMILES string of the molecule is CCC1(CN2CCc3ccccc3CC2)CCNCC1. The first-order chi connectivity index (χ1) is 9.81. The Morgan fingerprint density at radius 3 is 2.20 bits per heavy atom. The number of benzene rings is 1. The van der Waals surface area contributed by atoms with E-state index in [2.05, 4.69) is 41.4 Å². The predicted molar refractivity (Wildman–Crippen MR) is 85.1 cm³/mol. The Bertz CT molecular complexity index is 408. The molecule has 1 aromatic rings. The first-order valence-corrected chi connectivity index (χ1v) is 8.31. The van der Waals surface area contributed by atoms with Crippen molar-refractivity contribution in [1.82, 2.24) is 10.2 Å². The van der Waals surface area contributed by atoms with Crippen LogP contribution in [0.5, 0.6) is 0 Å². The van der Waals surface area contributed by atoms with Crippen LogP contribution in [0.3, 0.4) is 0 Å². The lowest BCUT2D eigenvalue weighted by atomic mass is 9.76. The van der Waals surface area contributed by atoms with E-state index in [0.717, 1.165) is 0 Å². The minimum atomic E-state index is 0.571. The summed E-state index contributed by atoms with van der Waals surface area (Å²) in [5.41, 5.74) is 3.72. The van der Waals surface area contributed by atoms with Gasteiger partial charge in [0.25, 0.3) is 0 Å². The van der Waals surface area contributed by atoms with E-state index in [4.69, 9.17) is 0 Å². The smallest absolute Gasteiger partial charge is 0.00391 e. The predicted octanol–water partition coefficient (Wildman–Crippen LogP) is 2.87. The summed E-state index contributed by atoms with van der Waals surface area (Å²) >= 11 is 0. The summed E-state index contributed by atoms with van der Waals surface area (Å²) in [7, 11) is 0. The zero-order valence-corrected chi connectivity index (χ0v) is 12.8. The number of fused-ring (bicyclic) bond motifs is 1. The number of hydrogen-bond acceptors (Lipinski definition) is 2. The van der Waals surface area contributed by atoms with Crippen LogP contribution in [0.25, 0.3) is 0 Å². The molecule has 0 unspecified atom stereocenters. The van der Waals surface area contributed by atoms with E-state index < -0.39 is 0 Å². The van der Waals surface area contributed by atoms with Crippen molar-refractivity contribution in [1.29, 1.82) is 0 Å². The molecule has 0 aliphatic carbocycles. The molecule has 1 fully saturated rings. The van der Waals surface area contributed by atoms with Crippen molar-refractivity contribution >= 4 is 0 Å². The molecule has 1 saturated heterocycles. The molecular weight excluding hydrogens is 244 g/mol.